The molecule has 0 saturated carbocycles. The van der Waals surface area contributed by atoms with Crippen LogP contribution in [0.2, 0.25) is 0 Å². The van der Waals surface area contributed by atoms with Crippen LogP contribution in [-0.4, -0.2) is 14.0 Å². The van der Waals surface area contributed by atoms with E-state index in [1.807, 2.05) is 13.8 Å². The largest absolute Gasteiger partial charge is 0.543 e. The molecule has 1 unspecified atom stereocenters. The third-order valence-corrected chi connectivity index (χ3v) is 1.49. The van der Waals surface area contributed by atoms with Crippen molar-refractivity contribution >= 4 is 14.0 Å². The summed E-state index contributed by atoms with van der Waals surface area (Å²) in [4.78, 5) is 10.6. The van der Waals surface area contributed by atoms with Gasteiger partial charge in [0.25, 0.3) is 5.97 Å². The number of hydrogen-bond donors (Lipinski definition) is 0. The molecule has 0 N–H and O–H groups in total. The van der Waals surface area contributed by atoms with Crippen LogP contribution in [0.25, 0.3) is 0 Å². The van der Waals surface area contributed by atoms with Crippen molar-refractivity contribution in [3.8, 4) is 0 Å². The number of hydrogen-bond acceptors (Lipinski definition) is 2. The van der Waals surface area contributed by atoms with Crippen molar-refractivity contribution < 1.29 is 9.45 Å². The number of carbonyl (C=O) groups is 1. The second kappa shape index (κ2) is 3.54. The van der Waals surface area contributed by atoms with Gasteiger partial charge in [-0.25, -0.2) is 0 Å². The molecule has 1 atom stereocenters. The quantitative estimate of drug-likeness (QED) is 0.514. The van der Waals surface area contributed by atoms with E-state index in [-0.39, 0.29) is 11.9 Å². The maximum Gasteiger partial charge on any atom is 0.378 e. The van der Waals surface area contributed by atoms with Crippen LogP contribution >= 0.6 is 0 Å². The highest BCUT2D eigenvalue weighted by Crippen LogP contribution is 2.09. The van der Waals surface area contributed by atoms with E-state index in [1.54, 1.807) is 6.92 Å². The Labute approximate surface area is 57.0 Å². The minimum absolute atomic E-state index is 0.102. The second-order valence-corrected chi connectivity index (χ2v) is 2.47. The Bertz CT molecular complexity index is 101. The summed E-state index contributed by atoms with van der Waals surface area (Å²) in [6.45, 7) is 5.68. The molecule has 0 bridgehead atoms. The topological polar surface area (TPSA) is 26.3 Å². The summed E-state index contributed by atoms with van der Waals surface area (Å²) in [7, 11) is 4.66. The predicted octanol–water partition coefficient (Wildman–Crippen LogP) is 0.905. The Balaban J connectivity index is 3.72. The summed E-state index contributed by atoms with van der Waals surface area (Å²) in [6, 6.07) is 0. The molecule has 0 aromatic carbocycles. The van der Waals surface area contributed by atoms with Gasteiger partial charge in [0.15, 0.2) is 0 Å². The lowest BCUT2D eigenvalue weighted by molar-refractivity contribution is -0.139. The van der Waals surface area contributed by atoms with Gasteiger partial charge in [0, 0.05) is 0 Å². The molecule has 2 radical (unpaired) electrons. The highest BCUT2D eigenvalue weighted by molar-refractivity contribution is 6.05. The molecule has 0 aliphatic carbocycles. The summed E-state index contributed by atoms with van der Waals surface area (Å²) in [6.07, 6.45) is 0. The molecule has 0 saturated heterocycles. The Morgan fingerprint density at radius 2 is 1.89 bits per heavy atom. The van der Waals surface area contributed by atoms with E-state index >= 15 is 0 Å². The summed E-state index contributed by atoms with van der Waals surface area (Å²) in [5.41, 5.74) is 0. The smallest absolute Gasteiger partial charge is 0.378 e. The average Bonchev–Trinajstić information content (AvgIpc) is 1.84. The van der Waals surface area contributed by atoms with Crippen LogP contribution in [0.5, 0.6) is 0 Å². The normalized spacial score (nSPS) is 13.3. The molecular weight excluding hydrogens is 115 g/mol. The summed E-state index contributed by atoms with van der Waals surface area (Å²) in [5.74, 6) is -0.152. The van der Waals surface area contributed by atoms with Crippen LogP contribution in [0.15, 0.2) is 0 Å². The molecule has 0 amide bonds. The molecule has 0 aromatic heterocycles. The van der Waals surface area contributed by atoms with Crippen molar-refractivity contribution in [2.45, 2.75) is 20.8 Å². The Hall–Kier alpha value is -0.465. The molecule has 3 heteroatoms. The van der Waals surface area contributed by atoms with E-state index in [9.17, 15) is 4.79 Å². The molecule has 2 nitrogen and oxygen atoms in total. The van der Waals surface area contributed by atoms with Crippen molar-refractivity contribution in [2.75, 3.05) is 0 Å². The zero-order chi connectivity index (χ0) is 7.44. The fraction of sp³-hybridized carbons (Fsp3) is 0.833. The van der Waals surface area contributed by atoms with Crippen LogP contribution in [0.1, 0.15) is 20.8 Å². The van der Waals surface area contributed by atoms with Crippen molar-refractivity contribution in [3.63, 3.8) is 0 Å². The third-order valence-electron chi connectivity index (χ3n) is 1.49. The minimum Gasteiger partial charge on any atom is -0.543 e. The highest BCUT2D eigenvalue weighted by atomic mass is 16.5. The molecule has 0 spiro atoms. The number of rotatable bonds is 2. The Kier molecular flexibility index (Phi) is 3.36. The van der Waals surface area contributed by atoms with E-state index in [2.05, 4.69) is 12.7 Å². The van der Waals surface area contributed by atoms with Gasteiger partial charge in [0.05, 0.1) is 5.92 Å². The Morgan fingerprint density at radius 1 is 1.44 bits per heavy atom. The molecule has 0 aliphatic rings. The zero-order valence-corrected chi connectivity index (χ0v) is 6.05. The SMILES string of the molecule is [B]OC(=O)C(C)C(C)C. The van der Waals surface area contributed by atoms with Gasteiger partial charge in [-0.15, -0.1) is 0 Å². The van der Waals surface area contributed by atoms with E-state index in [1.165, 1.54) is 0 Å². The monoisotopic (exact) mass is 126 g/mol. The molecule has 0 fully saturated rings. The number of carbonyl (C=O) groups excluding carboxylic acids is 1. The fourth-order valence-corrected chi connectivity index (χ4v) is 0.379. The first-order valence-corrected chi connectivity index (χ1v) is 3.00. The van der Waals surface area contributed by atoms with E-state index in [0.29, 0.717) is 5.92 Å². The van der Waals surface area contributed by atoms with Crippen molar-refractivity contribution in [1.82, 2.24) is 0 Å². The summed E-state index contributed by atoms with van der Waals surface area (Å²) in [5, 5.41) is 0. The first-order valence-electron chi connectivity index (χ1n) is 3.00. The first kappa shape index (κ1) is 8.53. The van der Waals surface area contributed by atoms with Crippen LogP contribution in [0.3, 0.4) is 0 Å². The van der Waals surface area contributed by atoms with Crippen molar-refractivity contribution in [2.24, 2.45) is 11.8 Å². The maximum atomic E-state index is 10.6. The van der Waals surface area contributed by atoms with Crippen LogP contribution in [0, 0.1) is 11.8 Å². The lowest BCUT2D eigenvalue weighted by Gasteiger charge is -2.11. The summed E-state index contributed by atoms with van der Waals surface area (Å²) >= 11 is 0. The molecule has 0 aliphatic heterocycles. The van der Waals surface area contributed by atoms with Gasteiger partial charge >= 0.3 is 8.05 Å². The molecule has 50 valence electrons. The highest BCUT2D eigenvalue weighted by Gasteiger charge is 2.15. The summed E-state index contributed by atoms with van der Waals surface area (Å²) < 4.78 is 4.03. The van der Waals surface area contributed by atoms with Gasteiger partial charge < -0.3 is 4.65 Å². The van der Waals surface area contributed by atoms with E-state index in [4.69, 9.17) is 0 Å². The van der Waals surface area contributed by atoms with Gasteiger partial charge in [-0.3, -0.25) is 4.79 Å². The molecule has 0 rings (SSSR count). The lowest BCUT2D eigenvalue weighted by atomic mass is 9.98. The third kappa shape index (κ3) is 2.54. The zero-order valence-electron chi connectivity index (χ0n) is 6.05. The minimum atomic E-state index is -0.343. The van der Waals surface area contributed by atoms with Gasteiger partial charge in [0.1, 0.15) is 0 Å². The molecule has 9 heavy (non-hydrogen) atoms. The van der Waals surface area contributed by atoms with Gasteiger partial charge in [-0.05, 0) is 5.92 Å². The van der Waals surface area contributed by atoms with Crippen LogP contribution < -0.4 is 0 Å². The van der Waals surface area contributed by atoms with Crippen molar-refractivity contribution in [1.29, 1.82) is 0 Å². The predicted molar refractivity (Wildman–Crippen MR) is 35.8 cm³/mol. The van der Waals surface area contributed by atoms with Gasteiger partial charge in [-0.1, -0.05) is 20.8 Å². The van der Waals surface area contributed by atoms with Gasteiger partial charge in [0.2, 0.25) is 0 Å². The Morgan fingerprint density at radius 3 is 2.00 bits per heavy atom. The average molecular weight is 126 g/mol. The van der Waals surface area contributed by atoms with Crippen LogP contribution in [0.4, 0.5) is 0 Å². The van der Waals surface area contributed by atoms with Crippen molar-refractivity contribution in [3.05, 3.63) is 0 Å². The maximum absolute atomic E-state index is 10.6. The molecule has 0 heterocycles. The molecular formula is C6H11BO2. The first-order chi connectivity index (χ1) is 4.09. The fourth-order valence-electron chi connectivity index (χ4n) is 0.379. The molecule has 0 aromatic rings. The van der Waals surface area contributed by atoms with Crippen LogP contribution in [-0.2, 0) is 9.45 Å². The van der Waals surface area contributed by atoms with Gasteiger partial charge in [-0.2, -0.15) is 0 Å². The van der Waals surface area contributed by atoms with E-state index < -0.39 is 0 Å². The lowest BCUT2D eigenvalue weighted by Crippen LogP contribution is -2.18. The second-order valence-electron chi connectivity index (χ2n) is 2.47. The van der Waals surface area contributed by atoms with E-state index in [0.717, 1.165) is 0 Å². The standard InChI is InChI=1S/C6H11BO2/c1-4(2)5(3)6(8)9-7/h4-5H,1-3H3.